The molecule has 7 heteroatoms. The van der Waals surface area contributed by atoms with Gasteiger partial charge in [-0.3, -0.25) is 14.8 Å². The molecule has 0 bridgehead atoms. The first-order valence-electron chi connectivity index (χ1n) is 10.1. The molecule has 0 unspecified atom stereocenters. The van der Waals surface area contributed by atoms with Crippen molar-refractivity contribution in [3.8, 4) is 5.75 Å². The SMILES string of the molecule is C=C(C)C(=O)n1ccc(N2CCOc3cc(SC4CCCCC4)cnc32)cc1=N. The van der Waals surface area contributed by atoms with Crippen LogP contribution in [-0.4, -0.2) is 33.9 Å². The maximum absolute atomic E-state index is 12.1. The summed E-state index contributed by atoms with van der Waals surface area (Å²) in [6, 6.07) is 5.60. The van der Waals surface area contributed by atoms with Crippen LogP contribution >= 0.6 is 11.8 Å². The van der Waals surface area contributed by atoms with Gasteiger partial charge < -0.3 is 9.64 Å². The van der Waals surface area contributed by atoms with Crippen LogP contribution in [0.25, 0.3) is 0 Å². The molecule has 152 valence electrons. The second kappa shape index (κ2) is 8.45. The van der Waals surface area contributed by atoms with E-state index in [1.807, 2.05) is 28.9 Å². The van der Waals surface area contributed by atoms with Crippen molar-refractivity contribution in [2.24, 2.45) is 0 Å². The van der Waals surface area contributed by atoms with Gasteiger partial charge in [0.15, 0.2) is 11.6 Å². The van der Waals surface area contributed by atoms with Gasteiger partial charge in [0.1, 0.15) is 12.1 Å². The third-order valence-electron chi connectivity index (χ3n) is 5.32. The molecule has 0 saturated heterocycles. The number of anilines is 2. The molecule has 2 aromatic heterocycles. The van der Waals surface area contributed by atoms with E-state index in [0.717, 1.165) is 22.2 Å². The zero-order chi connectivity index (χ0) is 20.4. The van der Waals surface area contributed by atoms with Crippen LogP contribution in [0.5, 0.6) is 5.75 Å². The first kappa shape index (κ1) is 19.8. The van der Waals surface area contributed by atoms with Gasteiger partial charge >= 0.3 is 0 Å². The highest BCUT2D eigenvalue weighted by Crippen LogP contribution is 2.39. The highest BCUT2D eigenvalue weighted by Gasteiger charge is 2.23. The Morgan fingerprint density at radius 3 is 2.83 bits per heavy atom. The summed E-state index contributed by atoms with van der Waals surface area (Å²) in [4.78, 5) is 20.0. The number of fused-ring (bicyclic) bond motifs is 1. The number of nitrogens with zero attached hydrogens (tertiary/aromatic N) is 3. The third kappa shape index (κ3) is 4.24. The molecule has 1 aliphatic heterocycles. The molecule has 0 radical (unpaired) electrons. The largest absolute Gasteiger partial charge is 0.488 e. The van der Waals surface area contributed by atoms with Crippen molar-refractivity contribution in [2.75, 3.05) is 18.1 Å². The van der Waals surface area contributed by atoms with E-state index in [1.165, 1.54) is 36.7 Å². The average molecular weight is 411 g/mol. The van der Waals surface area contributed by atoms with Gasteiger partial charge in [0.05, 0.1) is 6.54 Å². The van der Waals surface area contributed by atoms with Crippen LogP contribution in [0.15, 0.2) is 47.6 Å². The van der Waals surface area contributed by atoms with Crippen LogP contribution in [0, 0.1) is 5.41 Å². The van der Waals surface area contributed by atoms with Gasteiger partial charge in [-0.05, 0) is 31.9 Å². The van der Waals surface area contributed by atoms with Crippen molar-refractivity contribution in [1.82, 2.24) is 9.55 Å². The number of carbonyl (C=O) groups excluding carboxylic acids is 1. The van der Waals surface area contributed by atoms with Crippen LogP contribution in [-0.2, 0) is 0 Å². The number of nitrogens with one attached hydrogen (secondary N) is 1. The smallest absolute Gasteiger partial charge is 0.258 e. The Hall–Kier alpha value is -2.54. The van der Waals surface area contributed by atoms with Gasteiger partial charge in [-0.15, -0.1) is 11.8 Å². The molecule has 1 N–H and O–H groups in total. The Labute approximate surface area is 175 Å². The van der Waals surface area contributed by atoms with Gasteiger partial charge in [0.2, 0.25) is 0 Å². The standard InChI is InChI=1S/C22H26N4O2S/c1-15(2)22(27)26-9-8-16(12-20(26)23)25-10-11-28-19-13-18(14-24-21(19)25)29-17-6-4-3-5-7-17/h8-9,12-14,17,23H,1,3-7,10-11H2,2H3. The summed E-state index contributed by atoms with van der Waals surface area (Å²) >= 11 is 1.90. The number of rotatable bonds is 4. The fraction of sp³-hybridized carbons (Fsp3) is 0.409. The van der Waals surface area contributed by atoms with Crippen molar-refractivity contribution >= 4 is 29.2 Å². The van der Waals surface area contributed by atoms with Gasteiger partial charge in [-0.1, -0.05) is 25.8 Å². The van der Waals surface area contributed by atoms with Crippen molar-refractivity contribution in [3.63, 3.8) is 0 Å². The summed E-state index contributed by atoms with van der Waals surface area (Å²) < 4.78 is 7.19. The Morgan fingerprint density at radius 1 is 1.31 bits per heavy atom. The molecule has 1 aliphatic carbocycles. The Kier molecular flexibility index (Phi) is 5.76. The quantitative estimate of drug-likeness (QED) is 0.750. The molecule has 29 heavy (non-hydrogen) atoms. The molecule has 1 fully saturated rings. The summed E-state index contributed by atoms with van der Waals surface area (Å²) in [6.07, 6.45) is 10.1. The van der Waals surface area contributed by atoms with Gasteiger partial charge in [-0.25, -0.2) is 4.98 Å². The van der Waals surface area contributed by atoms with Crippen LogP contribution in [0.2, 0.25) is 0 Å². The van der Waals surface area contributed by atoms with Crippen molar-refractivity contribution < 1.29 is 9.53 Å². The highest BCUT2D eigenvalue weighted by molar-refractivity contribution is 8.00. The number of hydrogen-bond donors (Lipinski definition) is 1. The maximum atomic E-state index is 12.1. The van der Waals surface area contributed by atoms with E-state index >= 15 is 0 Å². The van der Waals surface area contributed by atoms with E-state index in [1.54, 1.807) is 19.2 Å². The topological polar surface area (TPSA) is 71.2 Å². The highest BCUT2D eigenvalue weighted by atomic mass is 32.2. The van der Waals surface area contributed by atoms with Gasteiger partial charge in [-0.2, -0.15) is 0 Å². The van der Waals surface area contributed by atoms with Crippen molar-refractivity contribution in [1.29, 1.82) is 5.41 Å². The molecule has 0 amide bonds. The van der Waals surface area contributed by atoms with Crippen LogP contribution in [0.3, 0.4) is 0 Å². The first-order valence-corrected chi connectivity index (χ1v) is 11.0. The summed E-state index contributed by atoms with van der Waals surface area (Å²) in [6.45, 7) is 6.52. The molecule has 0 atom stereocenters. The van der Waals surface area contributed by atoms with Gasteiger partial charge in [0, 0.05) is 39.9 Å². The summed E-state index contributed by atoms with van der Waals surface area (Å²) in [5.74, 6) is 1.26. The zero-order valence-corrected chi connectivity index (χ0v) is 17.5. The number of aromatic nitrogens is 2. The number of ether oxygens (including phenoxy) is 1. The molecular weight excluding hydrogens is 384 g/mol. The first-order chi connectivity index (χ1) is 14.0. The Balaban J connectivity index is 1.58. The van der Waals surface area contributed by atoms with Gasteiger partial charge in [0.25, 0.3) is 5.91 Å². The van der Waals surface area contributed by atoms with E-state index in [9.17, 15) is 4.79 Å². The fourth-order valence-electron chi connectivity index (χ4n) is 3.81. The summed E-state index contributed by atoms with van der Waals surface area (Å²) in [5, 5.41) is 8.91. The van der Waals surface area contributed by atoms with E-state index in [-0.39, 0.29) is 11.4 Å². The summed E-state index contributed by atoms with van der Waals surface area (Å²) in [7, 11) is 0. The second-order valence-electron chi connectivity index (χ2n) is 7.60. The molecule has 0 aromatic carbocycles. The van der Waals surface area contributed by atoms with E-state index in [0.29, 0.717) is 24.0 Å². The van der Waals surface area contributed by atoms with Crippen molar-refractivity contribution in [3.05, 3.63) is 48.2 Å². The second-order valence-corrected chi connectivity index (χ2v) is 8.97. The van der Waals surface area contributed by atoms with Crippen LogP contribution in [0.4, 0.5) is 11.5 Å². The number of pyridine rings is 2. The molecule has 2 aromatic rings. The number of carbonyl (C=O) groups is 1. The van der Waals surface area contributed by atoms with E-state index in [2.05, 4.69) is 17.6 Å². The van der Waals surface area contributed by atoms with Crippen LogP contribution in [0.1, 0.15) is 43.8 Å². The molecule has 6 nitrogen and oxygen atoms in total. The molecule has 1 saturated carbocycles. The minimum atomic E-state index is -0.272. The van der Waals surface area contributed by atoms with E-state index in [4.69, 9.17) is 10.1 Å². The monoisotopic (exact) mass is 410 g/mol. The molecule has 2 aliphatic rings. The lowest BCUT2D eigenvalue weighted by atomic mass is 10.0. The number of hydrogen-bond acceptors (Lipinski definition) is 6. The Bertz CT molecular complexity index is 995. The minimum absolute atomic E-state index is 0.119. The predicted octanol–water partition coefficient (Wildman–Crippen LogP) is 4.53. The normalized spacial score (nSPS) is 16.8. The number of thioether (sulfide) groups is 1. The lowest BCUT2D eigenvalue weighted by molar-refractivity contribution is 0.0950. The third-order valence-corrected chi connectivity index (χ3v) is 6.63. The lowest BCUT2D eigenvalue weighted by Gasteiger charge is -2.30. The zero-order valence-electron chi connectivity index (χ0n) is 16.7. The average Bonchev–Trinajstić information content (AvgIpc) is 2.73. The van der Waals surface area contributed by atoms with E-state index < -0.39 is 0 Å². The predicted molar refractivity (Wildman–Crippen MR) is 115 cm³/mol. The maximum Gasteiger partial charge on any atom is 0.258 e. The van der Waals surface area contributed by atoms with Crippen LogP contribution < -0.4 is 15.1 Å². The molecular formula is C22H26N4O2S. The van der Waals surface area contributed by atoms with Crippen molar-refractivity contribution in [2.45, 2.75) is 49.2 Å². The number of allylic oxidation sites excluding steroid dienone is 1. The molecule has 0 spiro atoms. The fourth-order valence-corrected chi connectivity index (χ4v) is 5.05. The molecule has 4 rings (SSSR count). The minimum Gasteiger partial charge on any atom is -0.488 e. The Morgan fingerprint density at radius 2 is 2.10 bits per heavy atom. The summed E-state index contributed by atoms with van der Waals surface area (Å²) in [5.41, 5.74) is 1.34. The lowest BCUT2D eigenvalue weighted by Crippen LogP contribution is -2.32. The molecule has 3 heterocycles.